The molecule has 0 bridgehead atoms. The van der Waals surface area contributed by atoms with Gasteiger partial charge in [-0.25, -0.2) is 0 Å². The SMILES string of the molecule is CC(C)c1ccccc1NC(=O)C(O)CN. The molecule has 0 aromatic heterocycles. The third-order valence-corrected chi connectivity index (χ3v) is 2.37. The van der Waals surface area contributed by atoms with Crippen molar-refractivity contribution in [1.29, 1.82) is 0 Å². The Bertz CT molecular complexity index is 364. The molecule has 1 atom stereocenters. The second-order valence-electron chi connectivity index (χ2n) is 3.98. The summed E-state index contributed by atoms with van der Waals surface area (Å²) in [5.41, 5.74) is 6.99. The summed E-state index contributed by atoms with van der Waals surface area (Å²) in [6.45, 7) is 4.02. The van der Waals surface area contributed by atoms with Gasteiger partial charge >= 0.3 is 0 Å². The first-order valence-electron chi connectivity index (χ1n) is 5.34. The van der Waals surface area contributed by atoms with Crippen molar-refractivity contribution in [1.82, 2.24) is 0 Å². The highest BCUT2D eigenvalue weighted by Crippen LogP contribution is 2.23. The van der Waals surface area contributed by atoms with E-state index in [1.54, 1.807) is 0 Å². The largest absolute Gasteiger partial charge is 0.382 e. The predicted octanol–water partition coefficient (Wildman–Crippen LogP) is 1.07. The molecule has 16 heavy (non-hydrogen) atoms. The predicted molar refractivity (Wildman–Crippen MR) is 64.2 cm³/mol. The number of carbonyl (C=O) groups excluding carboxylic acids is 1. The van der Waals surface area contributed by atoms with Crippen molar-refractivity contribution in [2.24, 2.45) is 5.73 Å². The van der Waals surface area contributed by atoms with E-state index in [4.69, 9.17) is 5.73 Å². The summed E-state index contributed by atoms with van der Waals surface area (Å²) < 4.78 is 0. The molecule has 1 unspecified atom stereocenters. The summed E-state index contributed by atoms with van der Waals surface area (Å²) in [6.07, 6.45) is -1.15. The highest BCUT2D eigenvalue weighted by atomic mass is 16.3. The topological polar surface area (TPSA) is 75.3 Å². The number of rotatable bonds is 4. The Labute approximate surface area is 95.5 Å². The second kappa shape index (κ2) is 5.63. The first-order valence-corrected chi connectivity index (χ1v) is 5.34. The molecular weight excluding hydrogens is 204 g/mol. The van der Waals surface area contributed by atoms with Crippen LogP contribution in [0.4, 0.5) is 5.69 Å². The lowest BCUT2D eigenvalue weighted by Gasteiger charge is -2.15. The average Bonchev–Trinajstić information content (AvgIpc) is 2.28. The number of carbonyl (C=O) groups is 1. The number of hydrogen-bond acceptors (Lipinski definition) is 3. The minimum Gasteiger partial charge on any atom is -0.382 e. The Hall–Kier alpha value is -1.39. The van der Waals surface area contributed by atoms with Crippen molar-refractivity contribution in [3.05, 3.63) is 29.8 Å². The van der Waals surface area contributed by atoms with Crippen LogP contribution in [0, 0.1) is 0 Å². The molecule has 1 rings (SSSR count). The zero-order valence-electron chi connectivity index (χ0n) is 9.60. The van der Waals surface area contributed by atoms with Gasteiger partial charge in [0.15, 0.2) is 0 Å². The maximum Gasteiger partial charge on any atom is 0.254 e. The quantitative estimate of drug-likeness (QED) is 0.713. The van der Waals surface area contributed by atoms with Crippen LogP contribution in [0.5, 0.6) is 0 Å². The first-order chi connectivity index (χ1) is 7.56. The monoisotopic (exact) mass is 222 g/mol. The van der Waals surface area contributed by atoms with Crippen molar-refractivity contribution in [3.63, 3.8) is 0 Å². The minimum atomic E-state index is -1.15. The Morgan fingerprint density at radius 3 is 2.62 bits per heavy atom. The van der Waals surface area contributed by atoms with Gasteiger partial charge in [0.1, 0.15) is 6.10 Å². The van der Waals surface area contributed by atoms with E-state index in [0.29, 0.717) is 5.92 Å². The van der Waals surface area contributed by atoms with Crippen LogP contribution in [-0.4, -0.2) is 23.7 Å². The van der Waals surface area contributed by atoms with Gasteiger partial charge in [0, 0.05) is 12.2 Å². The zero-order valence-corrected chi connectivity index (χ0v) is 9.60. The molecule has 0 aliphatic rings. The summed E-state index contributed by atoms with van der Waals surface area (Å²) >= 11 is 0. The number of nitrogens with one attached hydrogen (secondary N) is 1. The molecule has 4 heteroatoms. The maximum atomic E-state index is 11.5. The van der Waals surface area contributed by atoms with Crippen molar-refractivity contribution in [3.8, 4) is 0 Å². The molecule has 0 radical (unpaired) electrons. The van der Waals surface area contributed by atoms with Gasteiger partial charge in [-0.3, -0.25) is 4.79 Å². The molecule has 0 aliphatic carbocycles. The van der Waals surface area contributed by atoms with Gasteiger partial charge in [-0.2, -0.15) is 0 Å². The third-order valence-electron chi connectivity index (χ3n) is 2.37. The molecule has 1 aromatic carbocycles. The van der Waals surface area contributed by atoms with Gasteiger partial charge in [0.05, 0.1) is 0 Å². The molecule has 0 aliphatic heterocycles. The normalized spacial score (nSPS) is 12.6. The molecule has 0 spiro atoms. The summed E-state index contributed by atoms with van der Waals surface area (Å²) in [5.74, 6) is -0.151. The molecule has 0 heterocycles. The van der Waals surface area contributed by atoms with E-state index in [-0.39, 0.29) is 6.54 Å². The molecular formula is C12H18N2O2. The van der Waals surface area contributed by atoms with Gasteiger partial charge < -0.3 is 16.2 Å². The fraction of sp³-hybridized carbons (Fsp3) is 0.417. The van der Waals surface area contributed by atoms with Crippen molar-refractivity contribution < 1.29 is 9.90 Å². The van der Waals surface area contributed by atoms with E-state index >= 15 is 0 Å². The number of amides is 1. The van der Waals surface area contributed by atoms with Crippen LogP contribution in [-0.2, 0) is 4.79 Å². The number of aliphatic hydroxyl groups excluding tert-OH is 1. The van der Waals surface area contributed by atoms with Gasteiger partial charge in [-0.05, 0) is 17.5 Å². The van der Waals surface area contributed by atoms with E-state index in [9.17, 15) is 9.90 Å². The summed E-state index contributed by atoms with van der Waals surface area (Å²) in [5, 5.41) is 12.0. The van der Waals surface area contributed by atoms with Crippen LogP contribution in [0.1, 0.15) is 25.3 Å². The van der Waals surface area contributed by atoms with E-state index < -0.39 is 12.0 Å². The highest BCUT2D eigenvalue weighted by molar-refractivity contribution is 5.94. The molecule has 4 N–H and O–H groups in total. The van der Waals surface area contributed by atoms with Crippen LogP contribution >= 0.6 is 0 Å². The molecule has 88 valence electrons. The zero-order chi connectivity index (χ0) is 12.1. The number of anilines is 1. The number of para-hydroxylation sites is 1. The maximum absolute atomic E-state index is 11.5. The lowest BCUT2D eigenvalue weighted by molar-refractivity contribution is -0.123. The summed E-state index contributed by atoms with van der Waals surface area (Å²) in [6, 6.07) is 7.53. The molecule has 0 saturated carbocycles. The van der Waals surface area contributed by atoms with Crippen LogP contribution in [0.3, 0.4) is 0 Å². The molecule has 0 saturated heterocycles. The summed E-state index contributed by atoms with van der Waals surface area (Å²) in [7, 11) is 0. The fourth-order valence-corrected chi connectivity index (χ4v) is 1.44. The van der Waals surface area contributed by atoms with E-state index in [0.717, 1.165) is 11.3 Å². The number of aliphatic hydroxyl groups is 1. The molecule has 4 nitrogen and oxygen atoms in total. The number of benzene rings is 1. The van der Waals surface area contributed by atoms with Crippen LogP contribution in [0.25, 0.3) is 0 Å². The number of nitrogens with two attached hydrogens (primary N) is 1. The fourth-order valence-electron chi connectivity index (χ4n) is 1.44. The Kier molecular flexibility index (Phi) is 4.46. The van der Waals surface area contributed by atoms with Gasteiger partial charge in [0.25, 0.3) is 5.91 Å². The van der Waals surface area contributed by atoms with E-state index in [1.807, 2.05) is 38.1 Å². The minimum absolute atomic E-state index is 0.0737. The summed E-state index contributed by atoms with van der Waals surface area (Å²) in [4.78, 5) is 11.5. The van der Waals surface area contributed by atoms with E-state index in [2.05, 4.69) is 5.32 Å². The van der Waals surface area contributed by atoms with Gasteiger partial charge in [-0.1, -0.05) is 32.0 Å². The van der Waals surface area contributed by atoms with Crippen LogP contribution < -0.4 is 11.1 Å². The smallest absolute Gasteiger partial charge is 0.254 e. The molecule has 0 fully saturated rings. The Morgan fingerprint density at radius 2 is 2.06 bits per heavy atom. The van der Waals surface area contributed by atoms with Crippen LogP contribution in [0.2, 0.25) is 0 Å². The second-order valence-corrected chi connectivity index (χ2v) is 3.98. The lowest BCUT2D eigenvalue weighted by atomic mass is 10.0. The van der Waals surface area contributed by atoms with Crippen molar-refractivity contribution in [2.75, 3.05) is 11.9 Å². The first kappa shape index (κ1) is 12.7. The highest BCUT2D eigenvalue weighted by Gasteiger charge is 2.15. The van der Waals surface area contributed by atoms with Crippen molar-refractivity contribution in [2.45, 2.75) is 25.9 Å². The third kappa shape index (κ3) is 3.05. The van der Waals surface area contributed by atoms with Gasteiger partial charge in [0.2, 0.25) is 0 Å². The van der Waals surface area contributed by atoms with E-state index in [1.165, 1.54) is 0 Å². The molecule has 1 amide bonds. The molecule has 1 aromatic rings. The van der Waals surface area contributed by atoms with Crippen LogP contribution in [0.15, 0.2) is 24.3 Å². The Morgan fingerprint density at radius 1 is 1.44 bits per heavy atom. The standard InChI is InChI=1S/C12H18N2O2/c1-8(2)9-5-3-4-6-10(9)14-12(16)11(15)7-13/h3-6,8,11,15H,7,13H2,1-2H3,(H,14,16). The van der Waals surface area contributed by atoms with Crippen molar-refractivity contribution >= 4 is 11.6 Å². The lowest BCUT2D eigenvalue weighted by Crippen LogP contribution is -2.34. The van der Waals surface area contributed by atoms with Gasteiger partial charge in [-0.15, -0.1) is 0 Å². The Balaban J connectivity index is 2.84. The average molecular weight is 222 g/mol. The number of hydrogen-bond donors (Lipinski definition) is 3.